The molecule has 0 unspecified atom stereocenters. The lowest BCUT2D eigenvalue weighted by atomic mass is 9.87. The molecule has 0 bridgehead atoms. The minimum atomic E-state index is -4.73. The number of benzene rings is 7. The molecular formula is C49H21F3N8. The van der Waals surface area contributed by atoms with E-state index in [1.54, 1.807) is 97.1 Å². The maximum absolute atomic E-state index is 14.1. The first-order chi connectivity index (χ1) is 29.1. The topological polar surface area (TPSA) is 153 Å². The van der Waals surface area contributed by atoms with E-state index < -0.39 is 11.7 Å². The van der Waals surface area contributed by atoms with Gasteiger partial charge in [0.25, 0.3) is 0 Å². The summed E-state index contributed by atoms with van der Waals surface area (Å²) in [6.45, 7) is 0. The minimum absolute atomic E-state index is 0.180. The summed E-state index contributed by atoms with van der Waals surface area (Å²) in [5.41, 5.74) is 5.30. The molecule has 0 saturated carbocycles. The molecular weight excluding hydrogens is 758 g/mol. The molecule has 0 spiro atoms. The second-order valence-electron chi connectivity index (χ2n) is 13.9. The van der Waals surface area contributed by atoms with Gasteiger partial charge in [0.05, 0.1) is 109 Å². The number of nitriles is 6. The third-order valence-electron chi connectivity index (χ3n) is 10.7. The molecule has 0 radical (unpaired) electrons. The van der Waals surface area contributed by atoms with Crippen LogP contribution < -0.4 is 0 Å². The molecule has 2 aromatic heterocycles. The molecule has 0 N–H and O–H groups in total. The quantitative estimate of drug-likeness (QED) is 0.173. The molecule has 278 valence electrons. The number of aromatic nitrogens is 2. The second-order valence-corrected chi connectivity index (χ2v) is 13.9. The Bertz CT molecular complexity index is 3480. The van der Waals surface area contributed by atoms with Gasteiger partial charge in [0.2, 0.25) is 0 Å². The van der Waals surface area contributed by atoms with Crippen molar-refractivity contribution in [3.05, 3.63) is 166 Å². The molecule has 0 atom stereocenters. The van der Waals surface area contributed by atoms with Gasteiger partial charge in [-0.3, -0.25) is 0 Å². The Balaban J connectivity index is 1.49. The normalized spacial score (nSPS) is 11.2. The SMILES string of the molecule is N#Cc1ccc2c(c1)c1cc(C#N)ccc1n2-c1cccc(C#N)c1-c1c(-c2ccc(C(F)(F)F)cc2C#N)cccc1-n1c2ccc(C#N)cc2c2cc(C#N)ccc21. The van der Waals surface area contributed by atoms with Gasteiger partial charge in [-0.1, -0.05) is 24.3 Å². The number of hydrogen-bond donors (Lipinski definition) is 0. The van der Waals surface area contributed by atoms with E-state index in [2.05, 4.69) is 30.3 Å². The van der Waals surface area contributed by atoms with Crippen molar-refractivity contribution < 1.29 is 13.2 Å². The first kappa shape index (κ1) is 36.5. The molecule has 8 nitrogen and oxygen atoms in total. The van der Waals surface area contributed by atoms with Gasteiger partial charge in [-0.15, -0.1) is 0 Å². The van der Waals surface area contributed by atoms with Crippen LogP contribution in [0.2, 0.25) is 0 Å². The zero-order chi connectivity index (χ0) is 41.9. The van der Waals surface area contributed by atoms with E-state index in [1.807, 2.05) is 27.3 Å². The first-order valence-corrected chi connectivity index (χ1v) is 18.2. The van der Waals surface area contributed by atoms with E-state index in [0.717, 1.165) is 12.1 Å². The summed E-state index contributed by atoms with van der Waals surface area (Å²) >= 11 is 0. The Morgan fingerprint density at radius 1 is 0.383 bits per heavy atom. The van der Waals surface area contributed by atoms with Crippen LogP contribution in [0.5, 0.6) is 0 Å². The molecule has 11 heteroatoms. The van der Waals surface area contributed by atoms with Crippen molar-refractivity contribution in [1.29, 1.82) is 31.6 Å². The number of alkyl halides is 3. The zero-order valence-corrected chi connectivity index (χ0v) is 30.8. The number of fused-ring (bicyclic) bond motifs is 6. The fraction of sp³-hybridized carbons (Fsp3) is 0.0204. The lowest BCUT2D eigenvalue weighted by Gasteiger charge is -2.23. The second kappa shape index (κ2) is 13.8. The smallest absolute Gasteiger partial charge is 0.309 e. The first-order valence-electron chi connectivity index (χ1n) is 18.2. The van der Waals surface area contributed by atoms with Crippen molar-refractivity contribution in [1.82, 2.24) is 9.13 Å². The summed E-state index contributed by atoms with van der Waals surface area (Å²) in [5, 5.41) is 63.5. The summed E-state index contributed by atoms with van der Waals surface area (Å²) in [5.74, 6) is 0. The lowest BCUT2D eigenvalue weighted by Crippen LogP contribution is -2.07. The van der Waals surface area contributed by atoms with Crippen molar-refractivity contribution >= 4 is 43.6 Å². The van der Waals surface area contributed by atoms with E-state index >= 15 is 0 Å². The van der Waals surface area contributed by atoms with Gasteiger partial charge in [-0.2, -0.15) is 44.7 Å². The monoisotopic (exact) mass is 778 g/mol. The fourth-order valence-corrected chi connectivity index (χ4v) is 8.19. The van der Waals surface area contributed by atoms with Crippen molar-refractivity contribution in [3.63, 3.8) is 0 Å². The Hall–Kier alpha value is -9.13. The predicted octanol–water partition coefficient (Wildman–Crippen LogP) is 11.5. The van der Waals surface area contributed by atoms with Gasteiger partial charge in [-0.25, -0.2) is 0 Å². The van der Waals surface area contributed by atoms with Crippen LogP contribution in [-0.2, 0) is 6.18 Å². The van der Waals surface area contributed by atoms with Crippen molar-refractivity contribution in [2.75, 3.05) is 0 Å². The van der Waals surface area contributed by atoms with E-state index in [1.165, 1.54) is 6.07 Å². The molecule has 0 aliphatic rings. The summed E-state index contributed by atoms with van der Waals surface area (Å²) in [6, 6.07) is 47.1. The van der Waals surface area contributed by atoms with Gasteiger partial charge in [0, 0.05) is 38.2 Å². The number of hydrogen-bond acceptors (Lipinski definition) is 6. The van der Waals surface area contributed by atoms with Gasteiger partial charge in [0.15, 0.2) is 0 Å². The minimum Gasteiger partial charge on any atom is -0.309 e. The van der Waals surface area contributed by atoms with Gasteiger partial charge in [0.1, 0.15) is 0 Å². The van der Waals surface area contributed by atoms with Crippen LogP contribution in [0.1, 0.15) is 38.9 Å². The van der Waals surface area contributed by atoms with Crippen molar-refractivity contribution in [3.8, 4) is 70.0 Å². The molecule has 60 heavy (non-hydrogen) atoms. The molecule has 2 heterocycles. The highest BCUT2D eigenvalue weighted by atomic mass is 19.4. The highest BCUT2D eigenvalue weighted by Crippen LogP contribution is 2.47. The molecule has 0 amide bonds. The van der Waals surface area contributed by atoms with E-state index in [-0.39, 0.29) is 16.7 Å². The van der Waals surface area contributed by atoms with E-state index in [9.17, 15) is 44.7 Å². The third-order valence-corrected chi connectivity index (χ3v) is 10.7. The molecule has 0 fully saturated rings. The average molecular weight is 779 g/mol. The summed E-state index contributed by atoms with van der Waals surface area (Å²) in [6.07, 6.45) is -4.73. The Labute approximate surface area is 339 Å². The standard InChI is InChI=1S/C49H21F3N8/c50-49(51,52)34-11-12-35(33(21-34)27-58)36-4-2-6-46(60-43-15-9-30(24-55)19-39(43)40-20-31(25-56)10-16-44(40)60)48(36)47-32(26-57)3-1-5-45(47)59-41-13-7-28(22-53)17-37(41)38-18-29(23-54)8-14-42(38)59/h1-21H. The maximum atomic E-state index is 14.1. The van der Waals surface area contributed by atoms with Crippen LogP contribution in [0.25, 0.3) is 77.2 Å². The summed E-state index contributed by atoms with van der Waals surface area (Å²) < 4.78 is 46.1. The largest absolute Gasteiger partial charge is 0.416 e. The molecule has 0 aliphatic heterocycles. The zero-order valence-electron chi connectivity index (χ0n) is 30.8. The van der Waals surface area contributed by atoms with Crippen LogP contribution in [0.4, 0.5) is 13.2 Å². The van der Waals surface area contributed by atoms with Crippen LogP contribution in [0.3, 0.4) is 0 Å². The van der Waals surface area contributed by atoms with Crippen LogP contribution in [-0.4, -0.2) is 9.13 Å². The molecule has 9 aromatic rings. The number of halogens is 3. The van der Waals surface area contributed by atoms with Crippen molar-refractivity contribution in [2.45, 2.75) is 6.18 Å². The van der Waals surface area contributed by atoms with Gasteiger partial charge < -0.3 is 9.13 Å². The molecule has 0 aliphatic carbocycles. The average Bonchev–Trinajstić information content (AvgIpc) is 3.78. The van der Waals surface area contributed by atoms with Gasteiger partial charge in [-0.05, 0) is 109 Å². The summed E-state index contributed by atoms with van der Waals surface area (Å²) in [4.78, 5) is 0. The Morgan fingerprint density at radius 2 is 0.800 bits per heavy atom. The summed E-state index contributed by atoms with van der Waals surface area (Å²) in [7, 11) is 0. The van der Waals surface area contributed by atoms with Crippen LogP contribution >= 0.6 is 0 Å². The molecule has 0 saturated heterocycles. The predicted molar refractivity (Wildman–Crippen MR) is 219 cm³/mol. The van der Waals surface area contributed by atoms with Crippen LogP contribution in [0.15, 0.2) is 127 Å². The highest BCUT2D eigenvalue weighted by Gasteiger charge is 2.32. The van der Waals surface area contributed by atoms with Crippen molar-refractivity contribution in [2.24, 2.45) is 0 Å². The molecule has 9 rings (SSSR count). The van der Waals surface area contributed by atoms with E-state index in [0.29, 0.717) is 93.9 Å². The Kier molecular flexibility index (Phi) is 8.40. The number of rotatable bonds is 4. The highest BCUT2D eigenvalue weighted by molar-refractivity contribution is 6.13. The Morgan fingerprint density at radius 3 is 1.20 bits per heavy atom. The van der Waals surface area contributed by atoms with Gasteiger partial charge >= 0.3 is 6.18 Å². The van der Waals surface area contributed by atoms with Crippen LogP contribution in [0, 0.1) is 68.0 Å². The fourth-order valence-electron chi connectivity index (χ4n) is 8.19. The maximum Gasteiger partial charge on any atom is 0.416 e. The number of nitrogens with zero attached hydrogens (tertiary/aromatic N) is 8. The van der Waals surface area contributed by atoms with E-state index in [4.69, 9.17) is 0 Å². The molecule has 7 aromatic carbocycles. The third kappa shape index (κ3) is 5.56. The lowest BCUT2D eigenvalue weighted by molar-refractivity contribution is -0.137.